The molecule has 0 saturated heterocycles. The smallest absolute Gasteiger partial charge is 0.281 e. The van der Waals surface area contributed by atoms with Gasteiger partial charge in [0.2, 0.25) is 0 Å². The molecule has 3 rings (SSSR count). The molecule has 0 aromatic heterocycles. The Morgan fingerprint density at radius 3 is 2.68 bits per heavy atom. The molecule has 2 aliphatic heterocycles. The van der Waals surface area contributed by atoms with Gasteiger partial charge in [-0.1, -0.05) is 24.3 Å². The zero-order valence-electron chi connectivity index (χ0n) is 10.4. The maximum atomic E-state index is 11.7. The molecule has 1 aromatic rings. The first kappa shape index (κ1) is 12.4. The molecule has 5 nitrogen and oxygen atoms in total. The Balaban J connectivity index is 1.76. The van der Waals surface area contributed by atoms with Gasteiger partial charge in [0.25, 0.3) is 10.0 Å². The normalized spacial score (nSPS) is 21.7. The van der Waals surface area contributed by atoms with Gasteiger partial charge < -0.3 is 5.73 Å². The van der Waals surface area contributed by atoms with Crippen molar-refractivity contribution in [2.24, 2.45) is 10.1 Å². The fraction of sp³-hybridized carbons (Fsp3) is 0.308. The highest BCUT2D eigenvalue weighted by atomic mass is 32.2. The highest BCUT2D eigenvalue weighted by Gasteiger charge is 2.26. The Hall–Kier alpha value is -1.66. The lowest BCUT2D eigenvalue weighted by atomic mass is 10.00. The fourth-order valence-corrected chi connectivity index (χ4v) is 3.56. The van der Waals surface area contributed by atoms with E-state index in [-0.39, 0.29) is 5.84 Å². The summed E-state index contributed by atoms with van der Waals surface area (Å²) in [5.41, 5.74) is 8.07. The number of amidine groups is 1. The van der Waals surface area contributed by atoms with Crippen molar-refractivity contribution in [1.29, 1.82) is 0 Å². The van der Waals surface area contributed by atoms with Crippen LogP contribution in [0.25, 0.3) is 0 Å². The Bertz CT molecular complexity index is 677. The molecule has 0 spiro atoms. The molecule has 0 radical (unpaired) electrons. The van der Waals surface area contributed by atoms with Gasteiger partial charge in [-0.3, -0.25) is 4.90 Å². The van der Waals surface area contributed by atoms with Crippen molar-refractivity contribution in [3.8, 4) is 0 Å². The van der Waals surface area contributed by atoms with Crippen LogP contribution >= 0.6 is 0 Å². The van der Waals surface area contributed by atoms with Crippen LogP contribution in [0.4, 0.5) is 0 Å². The summed E-state index contributed by atoms with van der Waals surface area (Å²) in [5, 5.41) is 0. The average molecular weight is 277 g/mol. The summed E-state index contributed by atoms with van der Waals surface area (Å²) in [4.78, 5) is 2.41. The predicted molar refractivity (Wildman–Crippen MR) is 74.0 cm³/mol. The van der Waals surface area contributed by atoms with E-state index in [9.17, 15) is 8.42 Å². The van der Waals surface area contributed by atoms with Crippen LogP contribution in [0, 0.1) is 0 Å². The van der Waals surface area contributed by atoms with E-state index in [1.165, 1.54) is 17.2 Å². The Morgan fingerprint density at radius 1 is 1.26 bits per heavy atom. The Labute approximate surface area is 112 Å². The van der Waals surface area contributed by atoms with Crippen molar-refractivity contribution in [3.05, 3.63) is 46.4 Å². The first-order valence-electron chi connectivity index (χ1n) is 6.15. The highest BCUT2D eigenvalue weighted by molar-refractivity contribution is 7.94. The number of nitrogens with two attached hydrogens (primary N) is 1. The van der Waals surface area contributed by atoms with E-state index < -0.39 is 10.0 Å². The molecule has 0 unspecified atom stereocenters. The van der Waals surface area contributed by atoms with E-state index >= 15 is 0 Å². The number of sulfonamides is 1. The van der Waals surface area contributed by atoms with E-state index in [4.69, 9.17) is 5.73 Å². The molecule has 100 valence electrons. The Morgan fingerprint density at radius 2 is 2.00 bits per heavy atom. The van der Waals surface area contributed by atoms with Gasteiger partial charge in [-0.05, 0) is 23.6 Å². The minimum atomic E-state index is -3.53. The van der Waals surface area contributed by atoms with E-state index in [2.05, 4.69) is 21.4 Å². The number of nitrogens with zero attached hydrogens (tertiary/aromatic N) is 2. The van der Waals surface area contributed by atoms with Crippen molar-refractivity contribution < 1.29 is 8.42 Å². The summed E-state index contributed by atoms with van der Waals surface area (Å²) >= 11 is 0. The van der Waals surface area contributed by atoms with Gasteiger partial charge in [-0.15, -0.1) is 4.40 Å². The van der Waals surface area contributed by atoms with Gasteiger partial charge in [0.15, 0.2) is 0 Å². The third-order valence-corrected chi connectivity index (χ3v) is 4.82. The molecule has 2 N–H and O–H groups in total. The zero-order chi connectivity index (χ0) is 13.5. The molecule has 0 atom stereocenters. The second kappa shape index (κ2) is 4.47. The SMILES string of the molecule is NC1=NS(=O)(=O)C(CN2CCc3ccccc3C2)=C1. The quantitative estimate of drug-likeness (QED) is 0.860. The molecule has 0 fully saturated rings. The van der Waals surface area contributed by atoms with Gasteiger partial charge in [-0.2, -0.15) is 8.42 Å². The van der Waals surface area contributed by atoms with E-state index in [0.717, 1.165) is 19.5 Å². The second-order valence-electron chi connectivity index (χ2n) is 4.83. The minimum Gasteiger partial charge on any atom is -0.383 e. The number of benzene rings is 1. The van der Waals surface area contributed by atoms with Gasteiger partial charge in [0.05, 0.1) is 4.91 Å². The van der Waals surface area contributed by atoms with Gasteiger partial charge in [0.1, 0.15) is 5.84 Å². The average Bonchev–Trinajstić information content (AvgIpc) is 2.62. The third kappa shape index (κ3) is 2.41. The summed E-state index contributed by atoms with van der Waals surface area (Å²) in [6.45, 7) is 1.99. The van der Waals surface area contributed by atoms with Gasteiger partial charge in [0, 0.05) is 19.6 Å². The molecule has 19 heavy (non-hydrogen) atoms. The standard InChI is InChI=1S/C13H15N3O2S/c14-13-7-12(19(17,18)15-13)9-16-6-5-10-3-1-2-4-11(10)8-16/h1-4,7H,5-6,8-9H2,(H2,14,15). The lowest BCUT2D eigenvalue weighted by Gasteiger charge is -2.28. The van der Waals surface area contributed by atoms with Crippen LogP contribution < -0.4 is 5.73 Å². The lowest BCUT2D eigenvalue weighted by molar-refractivity contribution is 0.279. The molecule has 2 aliphatic rings. The first-order chi connectivity index (χ1) is 9.04. The summed E-state index contributed by atoms with van der Waals surface area (Å²) in [6.07, 6.45) is 2.40. The molecule has 0 saturated carbocycles. The van der Waals surface area contributed by atoms with Crippen LogP contribution in [0.5, 0.6) is 0 Å². The third-order valence-electron chi connectivity index (χ3n) is 3.45. The molecule has 0 bridgehead atoms. The van der Waals surface area contributed by atoms with Gasteiger partial charge in [-0.25, -0.2) is 0 Å². The number of fused-ring (bicyclic) bond motifs is 1. The number of hydrogen-bond acceptors (Lipinski definition) is 4. The van der Waals surface area contributed by atoms with Crippen molar-refractivity contribution in [2.45, 2.75) is 13.0 Å². The number of hydrogen-bond donors (Lipinski definition) is 1. The second-order valence-corrected chi connectivity index (χ2v) is 6.49. The summed E-state index contributed by atoms with van der Waals surface area (Å²) in [6, 6.07) is 8.26. The van der Waals surface area contributed by atoms with E-state index in [0.29, 0.717) is 11.4 Å². The summed E-state index contributed by atoms with van der Waals surface area (Å²) in [7, 11) is -3.53. The monoisotopic (exact) mass is 277 g/mol. The molecule has 0 aliphatic carbocycles. The predicted octanol–water partition coefficient (Wildman–Crippen LogP) is 0.629. The first-order valence-corrected chi connectivity index (χ1v) is 7.59. The molecule has 1 aromatic carbocycles. The van der Waals surface area contributed by atoms with Crippen LogP contribution in [0.2, 0.25) is 0 Å². The van der Waals surface area contributed by atoms with Gasteiger partial charge >= 0.3 is 0 Å². The van der Waals surface area contributed by atoms with Crippen LogP contribution in [-0.2, 0) is 23.0 Å². The van der Waals surface area contributed by atoms with Crippen molar-refractivity contribution >= 4 is 15.9 Å². The maximum absolute atomic E-state index is 11.7. The lowest BCUT2D eigenvalue weighted by Crippen LogP contribution is -2.32. The Kier molecular flexibility index (Phi) is 2.91. The van der Waals surface area contributed by atoms with Crippen LogP contribution in [-0.4, -0.2) is 32.2 Å². The van der Waals surface area contributed by atoms with E-state index in [1.807, 2.05) is 12.1 Å². The molecular weight excluding hydrogens is 262 g/mol. The number of rotatable bonds is 2. The minimum absolute atomic E-state index is 0.0763. The molecule has 0 amide bonds. The van der Waals surface area contributed by atoms with Crippen molar-refractivity contribution in [2.75, 3.05) is 13.1 Å². The molecule has 6 heteroatoms. The molecular formula is C13H15N3O2S. The summed E-state index contributed by atoms with van der Waals surface area (Å²) < 4.78 is 26.9. The molecule has 2 heterocycles. The highest BCUT2D eigenvalue weighted by Crippen LogP contribution is 2.22. The van der Waals surface area contributed by atoms with Crippen LogP contribution in [0.1, 0.15) is 11.1 Å². The van der Waals surface area contributed by atoms with Crippen LogP contribution in [0.3, 0.4) is 0 Å². The summed E-state index contributed by atoms with van der Waals surface area (Å²) in [5.74, 6) is 0.0763. The van der Waals surface area contributed by atoms with Crippen molar-refractivity contribution in [3.63, 3.8) is 0 Å². The van der Waals surface area contributed by atoms with Crippen LogP contribution in [0.15, 0.2) is 39.6 Å². The largest absolute Gasteiger partial charge is 0.383 e. The van der Waals surface area contributed by atoms with E-state index in [1.54, 1.807) is 0 Å². The topological polar surface area (TPSA) is 75.8 Å². The zero-order valence-corrected chi connectivity index (χ0v) is 11.2. The fourth-order valence-electron chi connectivity index (χ4n) is 2.50. The maximum Gasteiger partial charge on any atom is 0.281 e. The van der Waals surface area contributed by atoms with Crippen molar-refractivity contribution in [1.82, 2.24) is 4.90 Å².